The lowest BCUT2D eigenvalue weighted by Crippen LogP contribution is -2.35. The number of alkyl halides is 1. The van der Waals surface area contributed by atoms with E-state index >= 15 is 0 Å². The summed E-state index contributed by atoms with van der Waals surface area (Å²) in [5.41, 5.74) is -1.11. The molecule has 1 atom stereocenters. The topological polar surface area (TPSA) is 66.4 Å². The highest BCUT2D eigenvalue weighted by Crippen LogP contribution is 2.07. The molecule has 0 rings (SSSR count). The summed E-state index contributed by atoms with van der Waals surface area (Å²) >= 11 is 5.47. The Hall–Kier alpha value is -0.770. The summed E-state index contributed by atoms with van der Waals surface area (Å²) in [6.07, 6.45) is -0.243. The van der Waals surface area contributed by atoms with Crippen LogP contribution >= 0.6 is 11.6 Å². The van der Waals surface area contributed by atoms with Gasteiger partial charge in [-0.05, 0) is 12.3 Å². The van der Waals surface area contributed by atoms with Crippen molar-refractivity contribution in [1.29, 1.82) is 0 Å². The average molecular weight is 208 g/mol. The van der Waals surface area contributed by atoms with Gasteiger partial charge in [0.25, 0.3) is 0 Å². The third-order valence-electron chi connectivity index (χ3n) is 1.50. The minimum absolute atomic E-state index is 0.280. The number of hydrogen-bond acceptors (Lipinski definition) is 2. The second-order valence-corrected chi connectivity index (χ2v) is 3.65. The fourth-order valence-corrected chi connectivity index (χ4v) is 0.949. The standard InChI is InChI=1S/C8H14ClNO3/c1-5(2)3-4-6(11)7(9)10-8(12)13/h5,7,10H,3-4H2,1-2H3,(H,12,13). The van der Waals surface area contributed by atoms with E-state index in [2.05, 4.69) is 0 Å². The molecule has 0 aromatic heterocycles. The fourth-order valence-electron chi connectivity index (χ4n) is 0.747. The molecule has 5 heteroatoms. The van der Waals surface area contributed by atoms with Gasteiger partial charge in [-0.15, -0.1) is 0 Å². The van der Waals surface area contributed by atoms with E-state index in [-0.39, 0.29) is 5.78 Å². The van der Waals surface area contributed by atoms with Crippen LogP contribution in [0, 0.1) is 5.92 Å². The minimum Gasteiger partial charge on any atom is -0.465 e. The predicted molar refractivity (Wildman–Crippen MR) is 49.9 cm³/mol. The van der Waals surface area contributed by atoms with Crippen molar-refractivity contribution in [2.75, 3.05) is 0 Å². The maximum Gasteiger partial charge on any atom is 0.406 e. The molecule has 1 unspecified atom stereocenters. The lowest BCUT2D eigenvalue weighted by Gasteiger charge is -2.08. The third kappa shape index (κ3) is 6.40. The average Bonchev–Trinajstić information content (AvgIpc) is 1.98. The zero-order valence-electron chi connectivity index (χ0n) is 7.71. The monoisotopic (exact) mass is 207 g/mol. The van der Waals surface area contributed by atoms with Gasteiger partial charge >= 0.3 is 6.09 Å². The molecule has 0 aromatic carbocycles. The number of nitrogens with one attached hydrogen (secondary N) is 1. The molecule has 76 valence electrons. The van der Waals surface area contributed by atoms with E-state index in [1.165, 1.54) is 0 Å². The summed E-state index contributed by atoms with van der Waals surface area (Å²) in [5, 5.41) is 10.2. The minimum atomic E-state index is -1.28. The number of amides is 1. The van der Waals surface area contributed by atoms with Crippen molar-refractivity contribution in [2.24, 2.45) is 5.92 Å². The lowest BCUT2D eigenvalue weighted by atomic mass is 10.1. The molecule has 0 heterocycles. The highest BCUT2D eigenvalue weighted by molar-refractivity contribution is 6.31. The second kappa shape index (κ2) is 5.80. The number of carbonyl (C=O) groups excluding carboxylic acids is 1. The van der Waals surface area contributed by atoms with Crippen molar-refractivity contribution >= 4 is 23.5 Å². The number of Topliss-reactive ketones (excluding diaryl/α,β-unsaturated/α-hetero) is 1. The van der Waals surface area contributed by atoms with Crippen molar-refractivity contribution in [1.82, 2.24) is 5.32 Å². The van der Waals surface area contributed by atoms with Crippen LogP contribution in [0.25, 0.3) is 0 Å². The number of hydrogen-bond donors (Lipinski definition) is 2. The first-order valence-corrected chi connectivity index (χ1v) is 4.53. The summed E-state index contributed by atoms with van der Waals surface area (Å²) in [6, 6.07) is 0. The number of carbonyl (C=O) groups is 2. The van der Waals surface area contributed by atoms with Crippen LogP contribution in [0.2, 0.25) is 0 Å². The van der Waals surface area contributed by atoms with Crippen LogP contribution in [0.5, 0.6) is 0 Å². The Bertz CT molecular complexity index is 194. The lowest BCUT2D eigenvalue weighted by molar-refractivity contribution is -0.119. The van der Waals surface area contributed by atoms with Crippen molar-refractivity contribution in [3.05, 3.63) is 0 Å². The largest absolute Gasteiger partial charge is 0.465 e. The Morgan fingerprint density at radius 1 is 1.46 bits per heavy atom. The number of halogens is 1. The quantitative estimate of drug-likeness (QED) is 0.534. The van der Waals surface area contributed by atoms with Gasteiger partial charge in [0.15, 0.2) is 11.3 Å². The van der Waals surface area contributed by atoms with Gasteiger partial charge in [0.1, 0.15) is 0 Å². The molecule has 0 aromatic rings. The zero-order valence-corrected chi connectivity index (χ0v) is 8.47. The summed E-state index contributed by atoms with van der Waals surface area (Å²) in [6.45, 7) is 3.97. The van der Waals surface area contributed by atoms with E-state index in [0.717, 1.165) is 6.42 Å². The molecule has 4 nitrogen and oxygen atoms in total. The molecule has 0 saturated heterocycles. The van der Waals surface area contributed by atoms with Gasteiger partial charge in [-0.3, -0.25) is 10.1 Å². The highest BCUT2D eigenvalue weighted by Gasteiger charge is 2.16. The molecule has 0 saturated carbocycles. The van der Waals surface area contributed by atoms with Gasteiger partial charge in [-0.25, -0.2) is 4.79 Å². The van der Waals surface area contributed by atoms with Crippen molar-refractivity contribution in [3.63, 3.8) is 0 Å². The molecule has 0 spiro atoms. The Labute approximate surface area is 82.3 Å². The Morgan fingerprint density at radius 2 is 2.00 bits per heavy atom. The number of rotatable bonds is 5. The van der Waals surface area contributed by atoms with Crippen LogP contribution in [0.3, 0.4) is 0 Å². The van der Waals surface area contributed by atoms with Crippen LogP contribution in [-0.2, 0) is 4.79 Å². The van der Waals surface area contributed by atoms with Crippen LogP contribution in [0.1, 0.15) is 26.7 Å². The Balaban J connectivity index is 3.76. The van der Waals surface area contributed by atoms with E-state index < -0.39 is 11.6 Å². The van der Waals surface area contributed by atoms with Gasteiger partial charge in [-0.2, -0.15) is 0 Å². The summed E-state index contributed by atoms with van der Waals surface area (Å²) in [7, 11) is 0. The van der Waals surface area contributed by atoms with E-state index in [1.54, 1.807) is 0 Å². The molecule has 0 radical (unpaired) electrons. The van der Waals surface area contributed by atoms with Gasteiger partial charge in [0, 0.05) is 6.42 Å². The molecule has 1 amide bonds. The highest BCUT2D eigenvalue weighted by atomic mass is 35.5. The molecular weight excluding hydrogens is 194 g/mol. The van der Waals surface area contributed by atoms with Crippen LogP contribution in [-0.4, -0.2) is 22.5 Å². The van der Waals surface area contributed by atoms with Crippen molar-refractivity contribution in [2.45, 2.75) is 32.2 Å². The molecule has 0 fully saturated rings. The van der Waals surface area contributed by atoms with Crippen LogP contribution < -0.4 is 5.32 Å². The summed E-state index contributed by atoms with van der Waals surface area (Å²) in [5.74, 6) is 0.135. The maximum absolute atomic E-state index is 11.1. The second-order valence-electron chi connectivity index (χ2n) is 3.21. The molecule has 0 aliphatic carbocycles. The van der Waals surface area contributed by atoms with Gasteiger partial charge in [0.2, 0.25) is 0 Å². The molecule has 13 heavy (non-hydrogen) atoms. The fraction of sp³-hybridized carbons (Fsp3) is 0.750. The smallest absolute Gasteiger partial charge is 0.406 e. The van der Waals surface area contributed by atoms with Crippen molar-refractivity contribution < 1.29 is 14.7 Å². The van der Waals surface area contributed by atoms with Gasteiger partial charge in [-0.1, -0.05) is 25.4 Å². The first-order chi connectivity index (χ1) is 5.93. The SMILES string of the molecule is CC(C)CCC(=O)C(Cl)NC(=O)O. The maximum atomic E-state index is 11.1. The molecule has 0 aliphatic heterocycles. The number of ketones is 1. The van der Waals surface area contributed by atoms with Crippen LogP contribution in [0.15, 0.2) is 0 Å². The first kappa shape index (κ1) is 12.2. The van der Waals surface area contributed by atoms with Gasteiger partial charge in [0.05, 0.1) is 0 Å². The van der Waals surface area contributed by atoms with Gasteiger partial charge < -0.3 is 5.11 Å². The van der Waals surface area contributed by atoms with E-state index in [1.807, 2.05) is 19.2 Å². The summed E-state index contributed by atoms with van der Waals surface area (Å²) < 4.78 is 0. The molecule has 2 N–H and O–H groups in total. The van der Waals surface area contributed by atoms with Crippen LogP contribution in [0.4, 0.5) is 4.79 Å². The van der Waals surface area contributed by atoms with E-state index in [0.29, 0.717) is 12.3 Å². The zero-order chi connectivity index (χ0) is 10.4. The van der Waals surface area contributed by atoms with E-state index in [4.69, 9.17) is 16.7 Å². The molecule has 0 aliphatic rings. The predicted octanol–water partition coefficient (Wildman–Crippen LogP) is 1.82. The molecular formula is C8H14ClNO3. The Morgan fingerprint density at radius 3 is 2.38 bits per heavy atom. The normalized spacial score (nSPS) is 12.6. The van der Waals surface area contributed by atoms with Crippen molar-refractivity contribution in [3.8, 4) is 0 Å². The number of carboxylic acid groups (broad SMARTS) is 1. The third-order valence-corrected chi connectivity index (χ3v) is 1.85. The van der Waals surface area contributed by atoms with E-state index in [9.17, 15) is 9.59 Å². The Kier molecular flexibility index (Phi) is 5.46. The summed E-state index contributed by atoms with van der Waals surface area (Å²) in [4.78, 5) is 21.2. The first-order valence-electron chi connectivity index (χ1n) is 4.09. The molecule has 0 bridgehead atoms.